The third-order valence-corrected chi connectivity index (χ3v) is 10.8. The molecule has 0 atom stereocenters. The van der Waals surface area contributed by atoms with Gasteiger partial charge >= 0.3 is 0 Å². The molecule has 0 aliphatic carbocycles. The second kappa shape index (κ2) is 4.99. The first-order valence-corrected chi connectivity index (χ1v) is 12.6. The lowest BCUT2D eigenvalue weighted by molar-refractivity contribution is 1.37. The Hall–Kier alpha value is -0.909. The van der Waals surface area contributed by atoms with E-state index in [9.17, 15) is 0 Å². The zero-order valence-corrected chi connectivity index (χ0v) is 13.8. The minimum atomic E-state index is -0.428. The van der Waals surface area contributed by atoms with Crippen LogP contribution in [-0.4, -0.2) is 26.1 Å². The van der Waals surface area contributed by atoms with E-state index >= 15 is 0 Å². The van der Waals surface area contributed by atoms with Crippen molar-refractivity contribution in [3.05, 3.63) is 54.1 Å². The van der Waals surface area contributed by atoms with Gasteiger partial charge in [-0.15, -0.1) is 0 Å². The largest absolute Gasteiger partial charge is 0.0869 e. The summed E-state index contributed by atoms with van der Waals surface area (Å²) in [5, 5.41) is 4.79. The summed E-state index contributed by atoms with van der Waals surface area (Å²) in [5.41, 5.74) is 1.54. The second-order valence-electron chi connectivity index (χ2n) is 4.99. The van der Waals surface area contributed by atoms with Crippen LogP contribution in [0.15, 0.2) is 48.5 Å². The number of hydrogen-bond donors (Lipinski definition) is 0. The number of fused-ring (bicyclic) bond motifs is 4. The Morgan fingerprint density at radius 3 is 2.61 bits per heavy atom. The summed E-state index contributed by atoms with van der Waals surface area (Å²) in [6, 6.07) is 20.0. The van der Waals surface area contributed by atoms with Crippen LogP contribution in [0.2, 0.25) is 13.1 Å². The van der Waals surface area contributed by atoms with Gasteiger partial charge in [-0.1, -0.05) is 82.7 Å². The van der Waals surface area contributed by atoms with Gasteiger partial charge in [0.25, 0.3) is 0 Å². The standard InChI is InChI=1S/C15H16Si3/c1-17-11-12-5-3-6-13(9-12)16-18(2)15-8-4-7-14(17)10-15/h3-10H,11H2,1-2H3. The van der Waals surface area contributed by atoms with E-state index in [0.29, 0.717) is 0 Å². The Morgan fingerprint density at radius 1 is 0.944 bits per heavy atom. The average Bonchev–Trinajstić information content (AvgIpc) is 2.38. The molecule has 2 aromatic rings. The van der Waals surface area contributed by atoms with Crippen LogP contribution in [-0.2, 0) is 6.04 Å². The van der Waals surface area contributed by atoms with Gasteiger partial charge in [-0.3, -0.25) is 0 Å². The molecular formula is C15H16Si3. The van der Waals surface area contributed by atoms with Crippen molar-refractivity contribution in [3.8, 4) is 0 Å². The smallest absolute Gasteiger partial charge is 0.0690 e. The van der Waals surface area contributed by atoms with Crippen molar-refractivity contribution in [2.75, 3.05) is 0 Å². The molecule has 0 nitrogen and oxygen atoms in total. The van der Waals surface area contributed by atoms with Gasteiger partial charge in [-0.25, -0.2) is 0 Å². The maximum absolute atomic E-state index is 2.50. The van der Waals surface area contributed by atoms with E-state index in [2.05, 4.69) is 61.6 Å². The average molecular weight is 281 g/mol. The highest BCUT2D eigenvalue weighted by atomic mass is 29.2. The van der Waals surface area contributed by atoms with Gasteiger partial charge in [-0.2, -0.15) is 0 Å². The van der Waals surface area contributed by atoms with Crippen LogP contribution in [0, 0.1) is 0 Å². The maximum atomic E-state index is 2.50. The van der Waals surface area contributed by atoms with Gasteiger partial charge in [0.1, 0.15) is 0 Å². The van der Waals surface area contributed by atoms with Gasteiger partial charge in [0.05, 0.1) is 26.1 Å². The molecule has 88 valence electrons. The fourth-order valence-corrected chi connectivity index (χ4v) is 8.84. The van der Waals surface area contributed by atoms with E-state index in [4.69, 9.17) is 0 Å². The minimum Gasteiger partial charge on any atom is -0.0690 e. The lowest BCUT2D eigenvalue weighted by Crippen LogP contribution is -2.44. The Balaban J connectivity index is 2.08. The highest BCUT2D eigenvalue weighted by Gasteiger charge is 2.16. The summed E-state index contributed by atoms with van der Waals surface area (Å²) >= 11 is 0. The minimum absolute atomic E-state index is 0.403. The SMILES string of the molecule is C[Si]1Cc2cccc(c2)[Si][Si](C)c2cccc1c2. The molecule has 3 heteroatoms. The monoisotopic (exact) mass is 280 g/mol. The summed E-state index contributed by atoms with van der Waals surface area (Å²) < 4.78 is 0. The quantitative estimate of drug-likeness (QED) is 0.631. The third kappa shape index (κ3) is 2.43. The molecule has 0 N–H and O–H groups in total. The van der Waals surface area contributed by atoms with Crippen LogP contribution in [0.5, 0.6) is 0 Å². The molecule has 2 aromatic carbocycles. The molecule has 4 bridgehead atoms. The predicted octanol–water partition coefficient (Wildman–Crippen LogP) is 0.972. The lowest BCUT2D eigenvalue weighted by Gasteiger charge is -2.17. The molecule has 0 spiro atoms. The summed E-state index contributed by atoms with van der Waals surface area (Å²) in [4.78, 5) is 0. The molecule has 0 aromatic heterocycles. The molecule has 18 heavy (non-hydrogen) atoms. The first-order valence-electron chi connectivity index (χ1n) is 6.35. The Morgan fingerprint density at radius 2 is 1.72 bits per heavy atom. The van der Waals surface area contributed by atoms with Crippen LogP contribution < -0.4 is 15.6 Å². The molecule has 0 saturated carbocycles. The molecule has 1 aliphatic rings. The first-order chi connectivity index (χ1) is 8.72. The Bertz CT molecular complexity index is 523. The van der Waals surface area contributed by atoms with Crippen molar-refractivity contribution in [2.45, 2.75) is 19.1 Å². The van der Waals surface area contributed by atoms with Crippen LogP contribution >= 0.6 is 0 Å². The zero-order chi connectivity index (χ0) is 12.5. The zero-order valence-electron chi connectivity index (χ0n) is 10.8. The lowest BCUT2D eigenvalue weighted by atomic mass is 10.2. The summed E-state index contributed by atoms with van der Waals surface area (Å²) in [5.74, 6) is 0. The molecule has 1 aliphatic heterocycles. The van der Waals surface area contributed by atoms with Crippen LogP contribution in [0.4, 0.5) is 0 Å². The van der Waals surface area contributed by atoms with Crippen molar-refractivity contribution in [1.29, 1.82) is 0 Å². The Kier molecular flexibility index (Phi) is 3.37. The van der Waals surface area contributed by atoms with Crippen molar-refractivity contribution >= 4 is 41.7 Å². The third-order valence-electron chi connectivity index (χ3n) is 3.52. The number of rotatable bonds is 0. The molecule has 4 radical (unpaired) electrons. The molecular weight excluding hydrogens is 264 g/mol. The maximum Gasteiger partial charge on any atom is 0.0869 e. The fraction of sp³-hybridized carbons (Fsp3) is 0.200. The van der Waals surface area contributed by atoms with E-state index in [1.807, 2.05) is 0 Å². The topological polar surface area (TPSA) is 0 Å². The number of benzene rings is 2. The van der Waals surface area contributed by atoms with E-state index < -0.39 is 17.1 Å². The summed E-state index contributed by atoms with van der Waals surface area (Å²) in [7, 11) is 0.156. The number of hydrogen-bond acceptors (Lipinski definition) is 0. The van der Waals surface area contributed by atoms with E-state index in [1.54, 1.807) is 21.1 Å². The van der Waals surface area contributed by atoms with E-state index in [-0.39, 0.29) is 0 Å². The molecule has 0 saturated heterocycles. The second-order valence-corrected chi connectivity index (χ2v) is 13.1. The van der Waals surface area contributed by atoms with Gasteiger partial charge in [0, 0.05) is 0 Å². The van der Waals surface area contributed by atoms with Crippen LogP contribution in [0.3, 0.4) is 0 Å². The summed E-state index contributed by atoms with van der Waals surface area (Å²) in [6.07, 6.45) is 0. The van der Waals surface area contributed by atoms with Gasteiger partial charge in [0.15, 0.2) is 0 Å². The van der Waals surface area contributed by atoms with Crippen molar-refractivity contribution in [3.63, 3.8) is 0 Å². The Labute approximate surface area is 115 Å². The van der Waals surface area contributed by atoms with Crippen molar-refractivity contribution < 1.29 is 0 Å². The molecule has 3 rings (SSSR count). The highest BCUT2D eigenvalue weighted by Crippen LogP contribution is 2.03. The molecule has 0 fully saturated rings. The van der Waals surface area contributed by atoms with Crippen molar-refractivity contribution in [2.24, 2.45) is 0 Å². The van der Waals surface area contributed by atoms with Gasteiger partial charge in [-0.05, 0) is 6.04 Å². The van der Waals surface area contributed by atoms with E-state index in [0.717, 1.165) is 9.04 Å². The highest BCUT2D eigenvalue weighted by molar-refractivity contribution is 7.23. The van der Waals surface area contributed by atoms with Gasteiger partial charge in [0.2, 0.25) is 0 Å². The molecule has 1 heterocycles. The molecule has 0 unspecified atom stereocenters. The predicted molar refractivity (Wildman–Crippen MR) is 84.5 cm³/mol. The van der Waals surface area contributed by atoms with E-state index in [1.165, 1.54) is 6.04 Å². The fourth-order valence-electron chi connectivity index (χ4n) is 2.47. The van der Waals surface area contributed by atoms with Crippen LogP contribution in [0.25, 0.3) is 0 Å². The van der Waals surface area contributed by atoms with Crippen molar-refractivity contribution in [1.82, 2.24) is 0 Å². The summed E-state index contributed by atoms with van der Waals surface area (Å²) in [6.45, 7) is 4.90. The normalized spacial score (nSPS) is 16.6. The molecule has 0 amide bonds. The van der Waals surface area contributed by atoms with Crippen LogP contribution in [0.1, 0.15) is 5.56 Å². The first kappa shape index (κ1) is 12.1. The van der Waals surface area contributed by atoms with Gasteiger partial charge < -0.3 is 0 Å².